The fourth-order valence-electron chi connectivity index (χ4n) is 2.38. The zero-order chi connectivity index (χ0) is 20.8. The Hall–Kier alpha value is -3.52. The van der Waals surface area contributed by atoms with Gasteiger partial charge in [-0.15, -0.1) is 0 Å². The number of hydrogen-bond acceptors (Lipinski definition) is 5. The van der Waals surface area contributed by atoms with Crippen LogP contribution in [-0.2, 0) is 0 Å². The number of nitrogens with one attached hydrogen (secondary N) is 2. The molecule has 148 valence electrons. The molecule has 1 aromatic heterocycles. The molecule has 0 saturated carbocycles. The maximum atomic E-state index is 12.7. The molecule has 3 aromatic rings. The Morgan fingerprint density at radius 1 is 0.897 bits per heavy atom. The summed E-state index contributed by atoms with van der Waals surface area (Å²) in [5.41, 5.74) is 1.35. The number of furan rings is 1. The lowest BCUT2D eigenvalue weighted by atomic mass is 10.1. The van der Waals surface area contributed by atoms with Gasteiger partial charge in [0, 0.05) is 30.2 Å². The minimum absolute atomic E-state index is 0.144. The Balaban J connectivity index is 1.73. The highest BCUT2D eigenvalue weighted by Crippen LogP contribution is 2.29. The number of anilines is 2. The van der Waals surface area contributed by atoms with Crippen LogP contribution in [0.4, 0.5) is 16.2 Å². The molecule has 0 radical (unpaired) electrons. The lowest BCUT2D eigenvalue weighted by Gasteiger charge is -2.13. The average Bonchev–Trinajstić information content (AvgIpc) is 3.24. The molecule has 0 aliphatic heterocycles. The molecule has 0 spiro atoms. The first kappa shape index (κ1) is 20.2. The van der Waals surface area contributed by atoms with Crippen LogP contribution in [0.25, 0.3) is 0 Å². The number of para-hydroxylation sites is 1. The molecule has 2 aromatic carbocycles. The van der Waals surface area contributed by atoms with Crippen LogP contribution in [-0.4, -0.2) is 36.0 Å². The molecular weight excluding hydrogens is 390 g/mol. The fourth-order valence-corrected chi connectivity index (χ4v) is 3.12. The fraction of sp³-hybridized carbons (Fsp3) is 0.0952. The van der Waals surface area contributed by atoms with E-state index >= 15 is 0 Å². The largest absolute Gasteiger partial charge is 0.459 e. The third-order valence-electron chi connectivity index (χ3n) is 3.83. The molecule has 0 aliphatic rings. The van der Waals surface area contributed by atoms with Crippen LogP contribution in [0.1, 0.15) is 20.9 Å². The maximum Gasteiger partial charge on any atom is 0.291 e. The smallest absolute Gasteiger partial charge is 0.291 e. The number of nitrogens with zero attached hydrogens (tertiary/aromatic N) is 1. The molecule has 2 N–H and O–H groups in total. The monoisotopic (exact) mass is 409 g/mol. The van der Waals surface area contributed by atoms with E-state index in [1.165, 1.54) is 11.2 Å². The van der Waals surface area contributed by atoms with Crippen molar-refractivity contribution in [1.29, 1.82) is 0 Å². The minimum Gasteiger partial charge on any atom is -0.459 e. The van der Waals surface area contributed by atoms with E-state index in [2.05, 4.69) is 10.6 Å². The molecule has 0 fully saturated rings. The summed E-state index contributed by atoms with van der Waals surface area (Å²) < 4.78 is 5.06. The van der Waals surface area contributed by atoms with Crippen LogP contribution in [0.15, 0.2) is 76.2 Å². The van der Waals surface area contributed by atoms with Crippen molar-refractivity contribution in [2.75, 3.05) is 24.7 Å². The van der Waals surface area contributed by atoms with E-state index in [9.17, 15) is 14.4 Å². The maximum absolute atomic E-state index is 12.7. The zero-order valence-corrected chi connectivity index (χ0v) is 16.7. The lowest BCUT2D eigenvalue weighted by Crippen LogP contribution is -2.17. The molecule has 0 unspecified atom stereocenters. The van der Waals surface area contributed by atoms with E-state index in [0.29, 0.717) is 21.8 Å². The predicted octanol–water partition coefficient (Wildman–Crippen LogP) is 4.56. The van der Waals surface area contributed by atoms with Gasteiger partial charge in [0.15, 0.2) is 5.76 Å². The molecule has 0 bridgehead atoms. The highest BCUT2D eigenvalue weighted by Gasteiger charge is 2.14. The standard InChI is InChI=1S/C21H19N3O4S/c1-24(2)21(27)29-18-11-4-3-9-16(18)23-19(25)14-7-5-8-15(13-14)22-20(26)17-10-6-12-28-17/h3-13H,1-2H3,(H,22,26)(H,23,25). The number of amides is 3. The normalized spacial score (nSPS) is 10.3. The Kier molecular flexibility index (Phi) is 6.36. The number of hydrogen-bond donors (Lipinski definition) is 2. The summed E-state index contributed by atoms with van der Waals surface area (Å²) in [5, 5.41) is 5.36. The molecule has 1 heterocycles. The number of benzene rings is 2. The first-order valence-corrected chi connectivity index (χ1v) is 9.50. The number of carbonyl (C=O) groups is 3. The summed E-state index contributed by atoms with van der Waals surface area (Å²) in [6.07, 6.45) is 1.41. The van der Waals surface area contributed by atoms with Gasteiger partial charge in [0.2, 0.25) is 0 Å². The Bertz CT molecular complexity index is 1030. The lowest BCUT2D eigenvalue weighted by molar-refractivity contribution is 0.0993. The van der Waals surface area contributed by atoms with Crippen molar-refractivity contribution in [1.82, 2.24) is 4.90 Å². The second kappa shape index (κ2) is 9.11. The van der Waals surface area contributed by atoms with Gasteiger partial charge < -0.3 is 20.0 Å². The van der Waals surface area contributed by atoms with Gasteiger partial charge in [0.25, 0.3) is 17.1 Å². The predicted molar refractivity (Wildman–Crippen MR) is 112 cm³/mol. The second-order valence-corrected chi connectivity index (χ2v) is 7.22. The Morgan fingerprint density at radius 2 is 1.69 bits per heavy atom. The molecule has 8 heteroatoms. The van der Waals surface area contributed by atoms with Crippen LogP contribution in [0.3, 0.4) is 0 Å². The van der Waals surface area contributed by atoms with Crippen LogP contribution < -0.4 is 10.6 Å². The van der Waals surface area contributed by atoms with Crippen LogP contribution in [0.5, 0.6) is 0 Å². The van der Waals surface area contributed by atoms with E-state index in [1.807, 2.05) is 0 Å². The molecule has 0 aliphatic carbocycles. The second-order valence-electron chi connectivity index (χ2n) is 6.22. The van der Waals surface area contributed by atoms with Crippen LogP contribution in [0, 0.1) is 0 Å². The van der Waals surface area contributed by atoms with Crippen molar-refractivity contribution in [2.45, 2.75) is 4.90 Å². The summed E-state index contributed by atoms with van der Waals surface area (Å²) >= 11 is 1.03. The van der Waals surface area contributed by atoms with Gasteiger partial charge in [-0.3, -0.25) is 14.4 Å². The van der Waals surface area contributed by atoms with E-state index in [1.54, 1.807) is 74.8 Å². The average molecular weight is 409 g/mol. The van der Waals surface area contributed by atoms with Crippen molar-refractivity contribution < 1.29 is 18.8 Å². The van der Waals surface area contributed by atoms with Gasteiger partial charge in [-0.1, -0.05) is 18.2 Å². The number of rotatable bonds is 5. The van der Waals surface area contributed by atoms with Gasteiger partial charge in [0.05, 0.1) is 12.0 Å². The zero-order valence-electron chi connectivity index (χ0n) is 15.8. The number of carbonyl (C=O) groups excluding carboxylic acids is 3. The highest BCUT2D eigenvalue weighted by atomic mass is 32.2. The Labute approximate surface area is 172 Å². The van der Waals surface area contributed by atoms with Crippen molar-refractivity contribution >= 4 is 40.2 Å². The minimum atomic E-state index is -0.406. The van der Waals surface area contributed by atoms with E-state index < -0.39 is 5.91 Å². The van der Waals surface area contributed by atoms with Gasteiger partial charge in [-0.25, -0.2) is 0 Å². The highest BCUT2D eigenvalue weighted by molar-refractivity contribution is 8.13. The van der Waals surface area contributed by atoms with Gasteiger partial charge in [-0.2, -0.15) is 0 Å². The van der Waals surface area contributed by atoms with E-state index in [-0.39, 0.29) is 16.9 Å². The van der Waals surface area contributed by atoms with Crippen molar-refractivity contribution in [2.24, 2.45) is 0 Å². The van der Waals surface area contributed by atoms with Crippen LogP contribution >= 0.6 is 11.8 Å². The Morgan fingerprint density at radius 3 is 2.41 bits per heavy atom. The van der Waals surface area contributed by atoms with E-state index in [4.69, 9.17) is 4.42 Å². The van der Waals surface area contributed by atoms with Gasteiger partial charge >= 0.3 is 0 Å². The first-order valence-electron chi connectivity index (χ1n) is 8.68. The molecule has 7 nitrogen and oxygen atoms in total. The SMILES string of the molecule is CN(C)C(=O)Sc1ccccc1NC(=O)c1cccc(NC(=O)c2ccco2)c1. The van der Waals surface area contributed by atoms with Crippen LogP contribution in [0.2, 0.25) is 0 Å². The van der Waals surface area contributed by atoms with Crippen molar-refractivity contribution in [3.63, 3.8) is 0 Å². The summed E-state index contributed by atoms with van der Waals surface area (Å²) in [6, 6.07) is 16.8. The molecular formula is C21H19N3O4S. The molecule has 3 rings (SSSR count). The summed E-state index contributed by atoms with van der Waals surface area (Å²) in [7, 11) is 3.33. The third-order valence-corrected chi connectivity index (χ3v) is 4.94. The molecule has 3 amide bonds. The van der Waals surface area contributed by atoms with Gasteiger partial charge in [-0.05, 0) is 54.2 Å². The summed E-state index contributed by atoms with van der Waals surface area (Å²) in [6.45, 7) is 0. The molecule has 0 saturated heterocycles. The van der Waals surface area contributed by atoms with E-state index in [0.717, 1.165) is 11.8 Å². The third kappa shape index (κ3) is 5.26. The van der Waals surface area contributed by atoms with Crippen molar-refractivity contribution in [3.05, 3.63) is 78.3 Å². The molecule has 0 atom stereocenters. The first-order chi connectivity index (χ1) is 13.9. The van der Waals surface area contributed by atoms with Crippen molar-refractivity contribution in [3.8, 4) is 0 Å². The number of thioether (sulfide) groups is 1. The van der Waals surface area contributed by atoms with Gasteiger partial charge in [0.1, 0.15) is 0 Å². The quantitative estimate of drug-likeness (QED) is 0.603. The summed E-state index contributed by atoms with van der Waals surface area (Å²) in [5.74, 6) is -0.586. The summed E-state index contributed by atoms with van der Waals surface area (Å²) in [4.78, 5) is 38.9. The molecule has 29 heavy (non-hydrogen) atoms. The topological polar surface area (TPSA) is 91.7 Å².